The SMILES string of the molecule is CC1(C)c2ccc(N(c3ccccc3)c3ccc(C#N)cc3)cc2-c2ccc(/C=C/c3cc4ccc5cccc6c5c4c(c3)n6-c3ccccc3)cc21. The summed E-state index contributed by atoms with van der Waals surface area (Å²) in [7, 11) is 0. The molecule has 1 aliphatic carbocycles. The third-order valence-corrected chi connectivity index (χ3v) is 11.1. The standard InChI is InChI=1S/C50H35N3/c1-50(2)44-27-25-41(52(38-11-5-3-6-12-38)40-23-18-34(32-51)19-24-40)31-43(44)42-26-20-33(29-45(42)50)16-17-35-28-37-22-21-36-10-9-15-46-48(36)49(37)47(30-35)53(46)39-13-7-4-8-14-39/h3-31H,1-2H3/b17-16+. The van der Waals surface area contributed by atoms with Crippen LogP contribution in [0.3, 0.4) is 0 Å². The van der Waals surface area contributed by atoms with Crippen molar-refractivity contribution in [2.75, 3.05) is 4.90 Å². The molecule has 0 atom stereocenters. The number of rotatable bonds is 6. The van der Waals surface area contributed by atoms with Crippen molar-refractivity contribution in [1.29, 1.82) is 5.26 Å². The topological polar surface area (TPSA) is 32.0 Å². The minimum absolute atomic E-state index is 0.152. The van der Waals surface area contributed by atoms with Gasteiger partial charge in [-0.15, -0.1) is 0 Å². The van der Waals surface area contributed by atoms with Gasteiger partial charge < -0.3 is 9.47 Å². The zero-order valence-corrected chi connectivity index (χ0v) is 29.6. The predicted octanol–water partition coefficient (Wildman–Crippen LogP) is 13.2. The Bertz CT molecular complexity index is 2910. The summed E-state index contributed by atoms with van der Waals surface area (Å²) in [5, 5.41) is 14.6. The van der Waals surface area contributed by atoms with Crippen molar-refractivity contribution in [1.82, 2.24) is 4.57 Å². The van der Waals surface area contributed by atoms with Gasteiger partial charge in [-0.1, -0.05) is 111 Å². The lowest BCUT2D eigenvalue weighted by Crippen LogP contribution is -2.15. The normalized spacial score (nSPS) is 13.2. The van der Waals surface area contributed by atoms with Crippen LogP contribution in [0.15, 0.2) is 164 Å². The Labute approximate surface area is 309 Å². The molecule has 0 saturated heterocycles. The highest BCUT2D eigenvalue weighted by Crippen LogP contribution is 2.51. The molecule has 0 fully saturated rings. The van der Waals surface area contributed by atoms with E-state index in [9.17, 15) is 5.26 Å². The monoisotopic (exact) mass is 677 g/mol. The smallest absolute Gasteiger partial charge is 0.0991 e. The number of hydrogen-bond acceptors (Lipinski definition) is 2. The summed E-state index contributed by atoms with van der Waals surface area (Å²) in [6, 6.07) is 60.8. The van der Waals surface area contributed by atoms with Crippen molar-refractivity contribution in [2.45, 2.75) is 19.3 Å². The van der Waals surface area contributed by atoms with Crippen molar-refractivity contribution in [3.05, 3.63) is 192 Å². The van der Waals surface area contributed by atoms with Crippen LogP contribution in [0.1, 0.15) is 41.7 Å². The molecule has 0 spiro atoms. The minimum atomic E-state index is -0.152. The fraction of sp³-hybridized carbons (Fsp3) is 0.0600. The highest BCUT2D eigenvalue weighted by atomic mass is 15.1. The molecule has 250 valence electrons. The van der Waals surface area contributed by atoms with Crippen LogP contribution in [0.5, 0.6) is 0 Å². The number of hydrogen-bond donors (Lipinski definition) is 0. The van der Waals surface area contributed by atoms with Crippen LogP contribution in [0, 0.1) is 11.3 Å². The van der Waals surface area contributed by atoms with E-state index in [2.05, 4.69) is 175 Å². The molecule has 1 heterocycles. The largest absolute Gasteiger partial charge is 0.310 e. The Balaban J connectivity index is 1.04. The van der Waals surface area contributed by atoms with Crippen LogP contribution in [-0.2, 0) is 5.41 Å². The van der Waals surface area contributed by atoms with E-state index in [0.29, 0.717) is 5.56 Å². The number of para-hydroxylation sites is 2. The van der Waals surface area contributed by atoms with Crippen molar-refractivity contribution in [3.63, 3.8) is 0 Å². The van der Waals surface area contributed by atoms with Crippen molar-refractivity contribution < 1.29 is 0 Å². The first-order chi connectivity index (χ1) is 26.0. The third-order valence-electron chi connectivity index (χ3n) is 11.1. The number of nitriles is 1. The second-order valence-electron chi connectivity index (χ2n) is 14.6. The molecular formula is C50H35N3. The van der Waals surface area contributed by atoms with Gasteiger partial charge in [0, 0.05) is 38.9 Å². The predicted molar refractivity (Wildman–Crippen MR) is 222 cm³/mol. The molecule has 0 radical (unpaired) electrons. The molecular weight excluding hydrogens is 643 g/mol. The van der Waals surface area contributed by atoms with E-state index in [-0.39, 0.29) is 5.41 Å². The van der Waals surface area contributed by atoms with E-state index in [1.807, 2.05) is 30.3 Å². The first-order valence-corrected chi connectivity index (χ1v) is 18.2. The molecule has 0 amide bonds. The van der Waals surface area contributed by atoms with E-state index in [4.69, 9.17) is 0 Å². The lowest BCUT2D eigenvalue weighted by molar-refractivity contribution is 0.660. The summed E-state index contributed by atoms with van der Waals surface area (Å²) in [5.41, 5.74) is 14.9. The summed E-state index contributed by atoms with van der Waals surface area (Å²) in [6.07, 6.45) is 4.52. The van der Waals surface area contributed by atoms with Gasteiger partial charge in [-0.05, 0) is 123 Å². The molecule has 3 heteroatoms. The number of fused-ring (bicyclic) bond motifs is 3. The number of nitrogens with zero attached hydrogens (tertiary/aromatic N) is 3. The van der Waals surface area contributed by atoms with Crippen LogP contribution in [0.25, 0.3) is 61.5 Å². The summed E-state index contributed by atoms with van der Waals surface area (Å²) in [5.74, 6) is 0. The maximum Gasteiger partial charge on any atom is 0.0991 e. The molecule has 8 aromatic carbocycles. The van der Waals surface area contributed by atoms with Crippen LogP contribution < -0.4 is 4.90 Å². The molecule has 3 nitrogen and oxygen atoms in total. The lowest BCUT2D eigenvalue weighted by atomic mass is 9.82. The maximum atomic E-state index is 9.42. The molecule has 0 N–H and O–H groups in total. The summed E-state index contributed by atoms with van der Waals surface area (Å²) in [6.45, 7) is 4.67. The summed E-state index contributed by atoms with van der Waals surface area (Å²) in [4.78, 5) is 2.26. The Hall–Kier alpha value is -6.89. The average Bonchev–Trinajstić information content (AvgIpc) is 3.66. The Morgan fingerprint density at radius 2 is 1.23 bits per heavy atom. The van der Waals surface area contributed by atoms with E-state index in [1.54, 1.807) is 0 Å². The van der Waals surface area contributed by atoms with E-state index in [1.165, 1.54) is 71.6 Å². The molecule has 10 rings (SSSR count). The molecule has 53 heavy (non-hydrogen) atoms. The fourth-order valence-electron chi connectivity index (χ4n) is 8.57. The van der Waals surface area contributed by atoms with Crippen molar-refractivity contribution >= 4 is 61.8 Å². The van der Waals surface area contributed by atoms with Gasteiger partial charge in [-0.3, -0.25) is 0 Å². The Kier molecular flexibility index (Phi) is 6.90. The van der Waals surface area contributed by atoms with E-state index < -0.39 is 0 Å². The zero-order chi connectivity index (χ0) is 35.7. The van der Waals surface area contributed by atoms with Crippen LogP contribution in [-0.4, -0.2) is 4.57 Å². The van der Waals surface area contributed by atoms with Gasteiger partial charge in [0.25, 0.3) is 0 Å². The zero-order valence-electron chi connectivity index (χ0n) is 29.6. The number of aromatic nitrogens is 1. The molecule has 0 unspecified atom stereocenters. The van der Waals surface area contributed by atoms with Crippen LogP contribution >= 0.6 is 0 Å². The van der Waals surface area contributed by atoms with Gasteiger partial charge >= 0.3 is 0 Å². The molecule has 0 bridgehead atoms. The Morgan fingerprint density at radius 1 is 0.528 bits per heavy atom. The molecule has 1 aliphatic rings. The van der Waals surface area contributed by atoms with Gasteiger partial charge in [0.1, 0.15) is 0 Å². The maximum absolute atomic E-state index is 9.42. The van der Waals surface area contributed by atoms with Gasteiger partial charge in [0.2, 0.25) is 0 Å². The van der Waals surface area contributed by atoms with Gasteiger partial charge in [-0.2, -0.15) is 5.26 Å². The fourth-order valence-corrected chi connectivity index (χ4v) is 8.57. The summed E-state index contributed by atoms with van der Waals surface area (Å²) >= 11 is 0. The quantitative estimate of drug-likeness (QED) is 0.130. The second-order valence-corrected chi connectivity index (χ2v) is 14.6. The minimum Gasteiger partial charge on any atom is -0.310 e. The second kappa shape index (κ2) is 11.8. The first kappa shape index (κ1) is 30.9. The van der Waals surface area contributed by atoms with Gasteiger partial charge in [0.05, 0.1) is 22.7 Å². The van der Waals surface area contributed by atoms with E-state index in [0.717, 1.165) is 17.1 Å². The molecule has 1 aromatic heterocycles. The van der Waals surface area contributed by atoms with Gasteiger partial charge in [0.15, 0.2) is 0 Å². The van der Waals surface area contributed by atoms with Crippen molar-refractivity contribution in [3.8, 4) is 22.9 Å². The molecule has 0 saturated carbocycles. The summed E-state index contributed by atoms with van der Waals surface area (Å²) < 4.78 is 2.41. The lowest BCUT2D eigenvalue weighted by Gasteiger charge is -2.27. The highest BCUT2D eigenvalue weighted by Gasteiger charge is 2.36. The molecule has 0 aliphatic heterocycles. The van der Waals surface area contributed by atoms with E-state index >= 15 is 0 Å². The van der Waals surface area contributed by atoms with Crippen LogP contribution in [0.2, 0.25) is 0 Å². The number of benzene rings is 8. The Morgan fingerprint density at radius 3 is 2.02 bits per heavy atom. The third kappa shape index (κ3) is 4.88. The first-order valence-electron chi connectivity index (χ1n) is 18.2. The highest BCUT2D eigenvalue weighted by molar-refractivity contribution is 6.24. The van der Waals surface area contributed by atoms with Crippen molar-refractivity contribution in [2.24, 2.45) is 0 Å². The molecule has 9 aromatic rings. The number of anilines is 3. The van der Waals surface area contributed by atoms with Crippen LogP contribution in [0.4, 0.5) is 17.1 Å². The van der Waals surface area contributed by atoms with Gasteiger partial charge in [-0.25, -0.2) is 0 Å². The average molecular weight is 678 g/mol.